The summed E-state index contributed by atoms with van der Waals surface area (Å²) < 4.78 is 0. The van der Waals surface area contributed by atoms with Crippen LogP contribution in [-0.2, 0) is 9.59 Å². The van der Waals surface area contributed by atoms with E-state index in [2.05, 4.69) is 0 Å². The van der Waals surface area contributed by atoms with Crippen molar-refractivity contribution in [3.05, 3.63) is 0 Å². The Labute approximate surface area is 77.1 Å². The highest BCUT2D eigenvalue weighted by molar-refractivity contribution is 5.77. The smallest absolute Gasteiger partial charge is 0.320 e. The summed E-state index contributed by atoms with van der Waals surface area (Å²) in [5, 5.41) is 8.61. The van der Waals surface area contributed by atoms with E-state index in [0.29, 0.717) is 6.42 Å². The number of primary amides is 1. The van der Waals surface area contributed by atoms with E-state index >= 15 is 0 Å². The second kappa shape index (κ2) is 5.53. The highest BCUT2D eigenvalue weighted by Crippen LogP contribution is 2.14. The second-order valence-corrected chi connectivity index (χ2v) is 3.08. The molecule has 0 fully saturated rings. The van der Waals surface area contributed by atoms with Crippen LogP contribution >= 0.6 is 0 Å². The number of hydrogen-bond acceptors (Lipinski definition) is 3. The molecular weight excluding hydrogens is 172 g/mol. The number of carbonyl (C=O) groups is 2. The van der Waals surface area contributed by atoms with Crippen molar-refractivity contribution in [2.75, 3.05) is 0 Å². The third-order valence-electron chi connectivity index (χ3n) is 1.92. The van der Waals surface area contributed by atoms with Gasteiger partial charge >= 0.3 is 5.97 Å². The molecule has 0 aromatic carbocycles. The van der Waals surface area contributed by atoms with Gasteiger partial charge in [-0.25, -0.2) is 0 Å². The largest absolute Gasteiger partial charge is 0.480 e. The Bertz CT molecular complexity index is 194. The zero-order valence-electron chi connectivity index (χ0n) is 7.69. The van der Waals surface area contributed by atoms with Gasteiger partial charge in [-0.2, -0.15) is 0 Å². The molecule has 0 aliphatic heterocycles. The van der Waals surface area contributed by atoms with E-state index in [1.165, 1.54) is 0 Å². The van der Waals surface area contributed by atoms with Crippen molar-refractivity contribution in [2.24, 2.45) is 17.4 Å². The average Bonchev–Trinajstić information content (AvgIpc) is 2.01. The van der Waals surface area contributed by atoms with Gasteiger partial charge in [-0.1, -0.05) is 13.3 Å². The summed E-state index contributed by atoms with van der Waals surface area (Å²) in [6.07, 6.45) is 1.44. The Kier molecular flexibility index (Phi) is 5.06. The van der Waals surface area contributed by atoms with E-state index in [1.54, 1.807) is 0 Å². The molecule has 5 N–H and O–H groups in total. The van der Waals surface area contributed by atoms with Crippen molar-refractivity contribution in [1.82, 2.24) is 0 Å². The van der Waals surface area contributed by atoms with Crippen LogP contribution in [-0.4, -0.2) is 23.0 Å². The average molecular weight is 188 g/mol. The third-order valence-corrected chi connectivity index (χ3v) is 1.92. The summed E-state index contributed by atoms with van der Waals surface area (Å²) in [6.45, 7) is 1.91. The molecule has 5 heteroatoms. The lowest BCUT2D eigenvalue weighted by Crippen LogP contribution is -2.39. The summed E-state index contributed by atoms with van der Waals surface area (Å²) in [6, 6.07) is -0.993. The number of rotatable bonds is 6. The molecule has 0 aliphatic rings. The first-order valence-corrected chi connectivity index (χ1v) is 4.25. The first-order valence-electron chi connectivity index (χ1n) is 4.25. The summed E-state index contributed by atoms with van der Waals surface area (Å²) in [5.41, 5.74) is 10.4. The van der Waals surface area contributed by atoms with Crippen LogP contribution in [0.5, 0.6) is 0 Å². The van der Waals surface area contributed by atoms with Gasteiger partial charge < -0.3 is 16.6 Å². The predicted molar refractivity (Wildman–Crippen MR) is 47.8 cm³/mol. The van der Waals surface area contributed by atoms with E-state index in [9.17, 15) is 9.59 Å². The monoisotopic (exact) mass is 188 g/mol. The van der Waals surface area contributed by atoms with Gasteiger partial charge in [0, 0.05) is 6.42 Å². The molecule has 5 nitrogen and oxygen atoms in total. The number of carboxylic acids is 1. The quantitative estimate of drug-likeness (QED) is 0.531. The minimum atomic E-state index is -1.08. The Hall–Kier alpha value is -1.10. The molecule has 0 radical (unpaired) electrons. The first-order chi connectivity index (χ1) is 5.99. The van der Waals surface area contributed by atoms with Crippen molar-refractivity contribution >= 4 is 11.9 Å². The lowest BCUT2D eigenvalue weighted by Gasteiger charge is -2.18. The van der Waals surface area contributed by atoms with E-state index in [0.717, 1.165) is 6.42 Å². The Morgan fingerprint density at radius 2 is 2.00 bits per heavy atom. The van der Waals surface area contributed by atoms with Crippen LogP contribution in [0.15, 0.2) is 0 Å². The fraction of sp³-hybridized carbons (Fsp3) is 0.750. The number of amides is 1. The normalized spacial score (nSPS) is 14.9. The van der Waals surface area contributed by atoms with Gasteiger partial charge in [-0.15, -0.1) is 0 Å². The summed E-state index contributed by atoms with van der Waals surface area (Å²) >= 11 is 0. The lowest BCUT2D eigenvalue weighted by atomic mass is 9.92. The van der Waals surface area contributed by atoms with E-state index < -0.39 is 17.9 Å². The minimum Gasteiger partial charge on any atom is -0.480 e. The Balaban J connectivity index is 4.22. The van der Waals surface area contributed by atoms with Crippen LogP contribution in [0.25, 0.3) is 0 Å². The van der Waals surface area contributed by atoms with Crippen LogP contribution in [0.4, 0.5) is 0 Å². The van der Waals surface area contributed by atoms with Crippen molar-refractivity contribution in [1.29, 1.82) is 0 Å². The molecule has 2 atom stereocenters. The van der Waals surface area contributed by atoms with E-state index in [-0.39, 0.29) is 12.3 Å². The molecule has 76 valence electrons. The SMILES string of the molecule is CCCC(CC(N)=O)C(N)C(=O)O. The fourth-order valence-corrected chi connectivity index (χ4v) is 1.24. The van der Waals surface area contributed by atoms with Gasteiger partial charge in [-0.3, -0.25) is 9.59 Å². The lowest BCUT2D eigenvalue weighted by molar-refractivity contribution is -0.140. The van der Waals surface area contributed by atoms with Gasteiger partial charge in [0.1, 0.15) is 6.04 Å². The molecule has 0 aliphatic carbocycles. The van der Waals surface area contributed by atoms with Gasteiger partial charge in [0.2, 0.25) is 5.91 Å². The second-order valence-electron chi connectivity index (χ2n) is 3.08. The maximum absolute atomic E-state index is 10.6. The van der Waals surface area contributed by atoms with Gasteiger partial charge in [0.15, 0.2) is 0 Å². The standard InChI is InChI=1S/C8H16N2O3/c1-2-3-5(4-6(9)11)7(10)8(12)13/h5,7H,2-4,10H2,1H3,(H2,9,11)(H,12,13). The number of nitrogens with two attached hydrogens (primary N) is 2. The number of aliphatic carboxylic acids is 1. The maximum atomic E-state index is 10.6. The molecule has 0 rings (SSSR count). The minimum absolute atomic E-state index is 0.0430. The van der Waals surface area contributed by atoms with Crippen molar-refractivity contribution in [3.8, 4) is 0 Å². The predicted octanol–water partition coefficient (Wildman–Crippen LogP) is -0.310. The molecule has 0 saturated heterocycles. The summed E-state index contributed by atoms with van der Waals surface area (Å²) in [4.78, 5) is 21.1. The molecule has 0 saturated carbocycles. The molecule has 0 aromatic rings. The number of carbonyl (C=O) groups excluding carboxylic acids is 1. The topological polar surface area (TPSA) is 106 Å². The molecule has 13 heavy (non-hydrogen) atoms. The van der Waals surface area contributed by atoms with Crippen LogP contribution in [0.1, 0.15) is 26.2 Å². The highest BCUT2D eigenvalue weighted by Gasteiger charge is 2.24. The van der Waals surface area contributed by atoms with Crippen LogP contribution < -0.4 is 11.5 Å². The van der Waals surface area contributed by atoms with E-state index in [1.807, 2.05) is 6.92 Å². The molecule has 0 bridgehead atoms. The molecule has 0 aromatic heterocycles. The van der Waals surface area contributed by atoms with Gasteiger partial charge in [0.05, 0.1) is 0 Å². The fourth-order valence-electron chi connectivity index (χ4n) is 1.24. The molecule has 0 heterocycles. The van der Waals surface area contributed by atoms with E-state index in [4.69, 9.17) is 16.6 Å². The number of hydrogen-bond donors (Lipinski definition) is 3. The van der Waals surface area contributed by atoms with Crippen molar-refractivity contribution < 1.29 is 14.7 Å². The van der Waals surface area contributed by atoms with Crippen molar-refractivity contribution in [3.63, 3.8) is 0 Å². The van der Waals surface area contributed by atoms with Crippen LogP contribution in [0.3, 0.4) is 0 Å². The molecular formula is C8H16N2O3. The molecule has 1 amide bonds. The zero-order valence-corrected chi connectivity index (χ0v) is 7.69. The highest BCUT2D eigenvalue weighted by atomic mass is 16.4. The molecule has 2 unspecified atom stereocenters. The van der Waals surface area contributed by atoms with Crippen molar-refractivity contribution in [2.45, 2.75) is 32.2 Å². The molecule has 0 spiro atoms. The summed E-state index contributed by atoms with van der Waals surface area (Å²) in [5.74, 6) is -1.94. The first kappa shape index (κ1) is 11.9. The zero-order chi connectivity index (χ0) is 10.4. The third kappa shape index (κ3) is 4.47. The van der Waals surface area contributed by atoms with Crippen LogP contribution in [0, 0.1) is 5.92 Å². The maximum Gasteiger partial charge on any atom is 0.320 e. The Morgan fingerprint density at radius 3 is 2.31 bits per heavy atom. The van der Waals surface area contributed by atoms with Gasteiger partial charge in [-0.05, 0) is 12.3 Å². The number of carboxylic acid groups (broad SMARTS) is 1. The summed E-state index contributed by atoms with van der Waals surface area (Å²) in [7, 11) is 0. The van der Waals surface area contributed by atoms with Gasteiger partial charge in [0.25, 0.3) is 0 Å². The Morgan fingerprint density at radius 1 is 1.46 bits per heavy atom. The van der Waals surface area contributed by atoms with Crippen LogP contribution in [0.2, 0.25) is 0 Å².